The molecule has 2 N–H and O–H groups in total. The van der Waals surface area contributed by atoms with Gasteiger partial charge in [-0.25, -0.2) is 9.36 Å². The van der Waals surface area contributed by atoms with Gasteiger partial charge in [0.15, 0.2) is 12.4 Å². The Morgan fingerprint density at radius 3 is 2.51 bits per heavy atom. The van der Waals surface area contributed by atoms with Crippen LogP contribution in [0.25, 0.3) is 6.08 Å². The van der Waals surface area contributed by atoms with Gasteiger partial charge in [-0.15, -0.1) is 0 Å². The first-order chi connectivity index (χ1) is 17.8. The lowest BCUT2D eigenvalue weighted by Gasteiger charge is -2.32. The van der Waals surface area contributed by atoms with Crippen LogP contribution < -0.4 is 24.8 Å². The van der Waals surface area contributed by atoms with Crippen molar-refractivity contribution in [2.24, 2.45) is 13.0 Å². The van der Waals surface area contributed by atoms with Crippen LogP contribution in [0.3, 0.4) is 0 Å². The molecule has 1 aliphatic rings. The van der Waals surface area contributed by atoms with Gasteiger partial charge in [-0.05, 0) is 37.1 Å². The van der Waals surface area contributed by atoms with E-state index in [2.05, 4.69) is 27.7 Å². The quantitative estimate of drug-likeness (QED) is 0.228. The van der Waals surface area contributed by atoms with Crippen LogP contribution in [-0.4, -0.2) is 51.1 Å². The number of hydrogen-bond donors (Lipinski definition) is 2. The Labute approximate surface area is 216 Å². The number of carbonyl (C=O) groups excluding carboxylic acids is 3. The van der Waals surface area contributed by atoms with Gasteiger partial charge in [0.1, 0.15) is 25.1 Å². The van der Waals surface area contributed by atoms with Crippen LogP contribution in [0.1, 0.15) is 30.9 Å². The number of nitriles is 1. The fraction of sp³-hybridized carbons (Fsp3) is 0.370. The smallest absolute Gasteiger partial charge is 0.354 e. The number of piperidine rings is 1. The van der Waals surface area contributed by atoms with Crippen molar-refractivity contribution in [3.8, 4) is 11.8 Å². The second kappa shape index (κ2) is 13.1. The molecule has 37 heavy (non-hydrogen) atoms. The minimum Gasteiger partial charge on any atom is -0.491 e. The largest absolute Gasteiger partial charge is 0.491 e. The number of pyridine rings is 1. The predicted molar refractivity (Wildman–Crippen MR) is 136 cm³/mol. The Morgan fingerprint density at radius 1 is 1.19 bits per heavy atom. The van der Waals surface area contributed by atoms with Crippen LogP contribution in [0.5, 0.6) is 5.75 Å². The van der Waals surface area contributed by atoms with Crippen LogP contribution in [-0.2, 0) is 26.2 Å². The summed E-state index contributed by atoms with van der Waals surface area (Å²) in [6, 6.07) is 10.9. The van der Waals surface area contributed by atoms with E-state index < -0.39 is 11.9 Å². The molecular formula is C27H32N5O5+. The molecule has 2 heterocycles. The lowest BCUT2D eigenvalue weighted by atomic mass is 9.95. The third kappa shape index (κ3) is 7.80. The summed E-state index contributed by atoms with van der Waals surface area (Å²) in [4.78, 5) is 38.5. The van der Waals surface area contributed by atoms with E-state index in [9.17, 15) is 19.6 Å². The van der Waals surface area contributed by atoms with E-state index >= 15 is 0 Å². The number of ether oxygens (including phenoxy) is 2. The molecule has 194 valence electrons. The Bertz CT molecular complexity index is 1190. The molecule has 2 aromatic rings. The molecule has 3 rings (SSSR count). The second-order valence-corrected chi connectivity index (χ2v) is 8.72. The van der Waals surface area contributed by atoms with Gasteiger partial charge >= 0.3 is 5.97 Å². The Kier molecular flexibility index (Phi) is 9.61. The van der Waals surface area contributed by atoms with Crippen molar-refractivity contribution in [3.05, 3.63) is 59.5 Å². The molecule has 1 saturated heterocycles. The average Bonchev–Trinajstić information content (AvgIpc) is 2.91. The van der Waals surface area contributed by atoms with Crippen molar-refractivity contribution in [2.45, 2.75) is 19.8 Å². The summed E-state index contributed by atoms with van der Waals surface area (Å²) in [5.41, 5.74) is 1.94. The Balaban J connectivity index is 1.55. The van der Waals surface area contributed by atoms with Gasteiger partial charge in [0.25, 0.3) is 0 Å². The molecule has 0 spiro atoms. The fourth-order valence-corrected chi connectivity index (χ4v) is 4.03. The topological polar surface area (TPSA) is 125 Å². The van der Waals surface area contributed by atoms with E-state index in [1.54, 1.807) is 12.1 Å². The summed E-state index contributed by atoms with van der Waals surface area (Å²) < 4.78 is 12.5. The SMILES string of the molecule is COC(=O)/C(=C\c1ccc(C#N)cc1OCCNC(=O)C1CCN(c2cc[n+](C)cc2)CC1)NC(C)=O. The number of nitrogens with one attached hydrogen (secondary N) is 2. The van der Waals surface area contributed by atoms with E-state index in [0.717, 1.165) is 31.6 Å². The summed E-state index contributed by atoms with van der Waals surface area (Å²) in [7, 11) is 3.19. The summed E-state index contributed by atoms with van der Waals surface area (Å²) in [6.07, 6.45) is 6.98. The van der Waals surface area contributed by atoms with Crippen LogP contribution in [0.2, 0.25) is 0 Å². The highest BCUT2D eigenvalue weighted by Crippen LogP contribution is 2.24. The molecule has 0 aliphatic carbocycles. The number of rotatable bonds is 9. The standard InChI is InChI=1S/C27H31N5O5/c1-19(33)30-24(27(35)36-3)17-22-5-4-20(18-28)16-25(22)37-15-10-29-26(34)21-6-13-32(14-7-21)23-8-11-31(2)12-9-23/h4-5,8-9,11-12,16-17,21H,6-7,10,13-15H2,1-3H3,(H-,29,30,33,34)/p+1/b24-17+. The highest BCUT2D eigenvalue weighted by atomic mass is 16.5. The van der Waals surface area contributed by atoms with Crippen molar-refractivity contribution < 1.29 is 28.4 Å². The summed E-state index contributed by atoms with van der Waals surface area (Å²) in [5, 5.41) is 14.6. The first-order valence-electron chi connectivity index (χ1n) is 12.0. The Hall–Kier alpha value is -4.39. The summed E-state index contributed by atoms with van der Waals surface area (Å²) in [6.45, 7) is 3.35. The lowest BCUT2D eigenvalue weighted by Crippen LogP contribution is -2.41. The van der Waals surface area contributed by atoms with E-state index in [1.165, 1.54) is 26.2 Å². The van der Waals surface area contributed by atoms with Crippen molar-refractivity contribution in [2.75, 3.05) is 38.3 Å². The average molecular weight is 507 g/mol. The van der Waals surface area contributed by atoms with Gasteiger partial charge in [0.2, 0.25) is 11.8 Å². The fourth-order valence-electron chi connectivity index (χ4n) is 4.03. The minimum atomic E-state index is -0.718. The molecule has 0 unspecified atom stereocenters. The first kappa shape index (κ1) is 27.2. The zero-order valence-electron chi connectivity index (χ0n) is 21.3. The van der Waals surface area contributed by atoms with Crippen LogP contribution in [0, 0.1) is 17.2 Å². The zero-order chi connectivity index (χ0) is 26.8. The van der Waals surface area contributed by atoms with Crippen molar-refractivity contribution in [1.82, 2.24) is 10.6 Å². The molecule has 10 heteroatoms. The molecule has 1 aromatic carbocycles. The monoisotopic (exact) mass is 506 g/mol. The molecule has 2 amide bonds. The number of nitrogens with zero attached hydrogens (tertiary/aromatic N) is 3. The number of carbonyl (C=O) groups is 3. The van der Waals surface area contributed by atoms with Crippen LogP contribution in [0.15, 0.2) is 48.4 Å². The summed E-state index contributed by atoms with van der Waals surface area (Å²) >= 11 is 0. The number of aromatic nitrogens is 1. The molecule has 10 nitrogen and oxygen atoms in total. The predicted octanol–water partition coefficient (Wildman–Crippen LogP) is 1.44. The lowest BCUT2D eigenvalue weighted by molar-refractivity contribution is -0.671. The highest BCUT2D eigenvalue weighted by molar-refractivity contribution is 5.97. The molecular weight excluding hydrogens is 474 g/mol. The Morgan fingerprint density at radius 2 is 1.89 bits per heavy atom. The van der Waals surface area contributed by atoms with Gasteiger partial charge < -0.3 is 25.0 Å². The van der Waals surface area contributed by atoms with Crippen LogP contribution >= 0.6 is 0 Å². The number of methoxy groups -OCH3 is 1. The van der Waals surface area contributed by atoms with Crippen molar-refractivity contribution in [1.29, 1.82) is 5.26 Å². The number of esters is 1. The summed E-state index contributed by atoms with van der Waals surface area (Å²) in [5.74, 6) is -0.877. The van der Waals surface area contributed by atoms with E-state index in [-0.39, 0.29) is 30.7 Å². The van der Waals surface area contributed by atoms with Gasteiger partial charge in [-0.3, -0.25) is 9.59 Å². The van der Waals surface area contributed by atoms with Gasteiger partial charge in [-0.1, -0.05) is 0 Å². The third-order valence-corrected chi connectivity index (χ3v) is 6.01. The maximum absolute atomic E-state index is 12.7. The van der Waals surface area contributed by atoms with Gasteiger partial charge in [0, 0.05) is 49.3 Å². The maximum Gasteiger partial charge on any atom is 0.354 e. The van der Waals surface area contributed by atoms with Crippen LogP contribution in [0.4, 0.5) is 5.69 Å². The number of aryl methyl sites for hydroxylation is 1. The van der Waals surface area contributed by atoms with Crippen molar-refractivity contribution >= 4 is 29.5 Å². The molecule has 1 aliphatic heterocycles. The van der Waals surface area contributed by atoms with Gasteiger partial charge in [0.05, 0.1) is 25.3 Å². The number of amides is 2. The second-order valence-electron chi connectivity index (χ2n) is 8.72. The van der Waals surface area contributed by atoms with E-state index in [0.29, 0.717) is 16.9 Å². The number of benzene rings is 1. The third-order valence-electron chi connectivity index (χ3n) is 6.01. The normalized spacial score (nSPS) is 13.9. The molecule has 1 fully saturated rings. The highest BCUT2D eigenvalue weighted by Gasteiger charge is 2.25. The first-order valence-corrected chi connectivity index (χ1v) is 12.0. The number of anilines is 1. The minimum absolute atomic E-state index is 0.00718. The number of hydrogen-bond acceptors (Lipinski definition) is 7. The molecule has 0 saturated carbocycles. The maximum atomic E-state index is 12.7. The van der Waals surface area contributed by atoms with Crippen molar-refractivity contribution in [3.63, 3.8) is 0 Å². The molecule has 0 atom stereocenters. The van der Waals surface area contributed by atoms with E-state index in [4.69, 9.17) is 9.47 Å². The van der Waals surface area contributed by atoms with E-state index in [1.807, 2.05) is 30.1 Å². The molecule has 1 aromatic heterocycles. The zero-order valence-corrected chi connectivity index (χ0v) is 21.3. The van der Waals surface area contributed by atoms with Gasteiger partial charge in [-0.2, -0.15) is 5.26 Å². The molecule has 0 bridgehead atoms. The molecule has 0 radical (unpaired) electrons.